The predicted molar refractivity (Wildman–Crippen MR) is 66.2 cm³/mol. The first-order valence-electron chi connectivity index (χ1n) is 5.42. The molecule has 0 aliphatic carbocycles. The maximum Gasteiger partial charge on any atom is 0.178 e. The lowest BCUT2D eigenvalue weighted by molar-refractivity contribution is 0.295. The van der Waals surface area contributed by atoms with Crippen LogP contribution in [0.4, 0.5) is 0 Å². The number of ether oxygens (including phenoxy) is 1. The van der Waals surface area contributed by atoms with Gasteiger partial charge in [0, 0.05) is 6.61 Å². The number of sulfone groups is 1. The minimum Gasteiger partial charge on any atom is -0.496 e. The highest BCUT2D eigenvalue weighted by atomic mass is 32.2. The van der Waals surface area contributed by atoms with Gasteiger partial charge in [0.2, 0.25) is 0 Å². The zero-order valence-corrected chi connectivity index (χ0v) is 11.2. The van der Waals surface area contributed by atoms with Crippen LogP contribution >= 0.6 is 0 Å². The molecular weight excluding hydrogens is 240 g/mol. The lowest BCUT2D eigenvalue weighted by Crippen LogP contribution is -2.10. The van der Waals surface area contributed by atoms with Crippen LogP contribution in [0.2, 0.25) is 0 Å². The van der Waals surface area contributed by atoms with Gasteiger partial charge in [-0.3, -0.25) is 0 Å². The van der Waals surface area contributed by atoms with Gasteiger partial charge in [0.15, 0.2) is 9.84 Å². The predicted octanol–water partition coefficient (Wildman–Crippen LogP) is 1.47. The molecule has 0 heterocycles. The SMILES string of the molecule is COc1ccc(S(=O)(=O)CCCO)c(C)c1C. The Kier molecular flexibility index (Phi) is 4.54. The van der Waals surface area contributed by atoms with Crippen molar-refractivity contribution >= 4 is 9.84 Å². The maximum absolute atomic E-state index is 12.0. The first kappa shape index (κ1) is 14.0. The number of hydrogen-bond acceptors (Lipinski definition) is 4. The standard InChI is InChI=1S/C12H18O4S/c1-9-10(2)12(6-5-11(9)16-3)17(14,15)8-4-7-13/h5-6,13H,4,7-8H2,1-3H3. The van der Waals surface area contributed by atoms with E-state index in [1.807, 2.05) is 6.92 Å². The molecule has 0 aromatic heterocycles. The van der Waals surface area contributed by atoms with Crippen LogP contribution in [0.15, 0.2) is 17.0 Å². The highest BCUT2D eigenvalue weighted by Crippen LogP contribution is 2.27. The third-order valence-electron chi connectivity index (χ3n) is 2.81. The van der Waals surface area contributed by atoms with Gasteiger partial charge in [-0.1, -0.05) is 0 Å². The number of methoxy groups -OCH3 is 1. The summed E-state index contributed by atoms with van der Waals surface area (Å²) in [5, 5.41) is 8.70. The Labute approximate surface area is 102 Å². The average molecular weight is 258 g/mol. The van der Waals surface area contributed by atoms with Crippen LogP contribution in [0.3, 0.4) is 0 Å². The van der Waals surface area contributed by atoms with E-state index in [0.29, 0.717) is 16.2 Å². The van der Waals surface area contributed by atoms with Gasteiger partial charge < -0.3 is 9.84 Å². The van der Waals surface area contributed by atoms with Gasteiger partial charge in [0.25, 0.3) is 0 Å². The summed E-state index contributed by atoms with van der Waals surface area (Å²) >= 11 is 0. The van der Waals surface area contributed by atoms with Gasteiger partial charge in [-0.2, -0.15) is 0 Å². The second kappa shape index (κ2) is 5.51. The molecule has 0 saturated heterocycles. The third kappa shape index (κ3) is 2.98. The van der Waals surface area contributed by atoms with Crippen LogP contribution in [0.5, 0.6) is 5.75 Å². The van der Waals surface area contributed by atoms with Crippen molar-refractivity contribution in [2.45, 2.75) is 25.2 Å². The van der Waals surface area contributed by atoms with Crippen molar-refractivity contribution in [1.82, 2.24) is 0 Å². The Morgan fingerprint density at radius 3 is 2.41 bits per heavy atom. The van der Waals surface area contributed by atoms with E-state index in [0.717, 1.165) is 5.56 Å². The molecule has 0 atom stereocenters. The Morgan fingerprint density at radius 1 is 1.24 bits per heavy atom. The molecule has 1 N–H and O–H groups in total. The lowest BCUT2D eigenvalue weighted by Gasteiger charge is -2.12. The molecule has 0 radical (unpaired) electrons. The molecule has 0 amide bonds. The van der Waals surface area contributed by atoms with Crippen LogP contribution in [0.1, 0.15) is 17.5 Å². The summed E-state index contributed by atoms with van der Waals surface area (Å²) in [6.07, 6.45) is 0.257. The molecule has 1 aromatic rings. The maximum atomic E-state index is 12.0. The minimum atomic E-state index is -3.32. The first-order chi connectivity index (χ1) is 7.94. The summed E-state index contributed by atoms with van der Waals surface area (Å²) in [7, 11) is -1.76. The summed E-state index contributed by atoms with van der Waals surface area (Å²) < 4.78 is 29.2. The van der Waals surface area contributed by atoms with E-state index < -0.39 is 9.84 Å². The number of benzene rings is 1. The fourth-order valence-corrected chi connectivity index (χ4v) is 3.32. The second-order valence-electron chi connectivity index (χ2n) is 3.91. The van der Waals surface area contributed by atoms with Crippen molar-refractivity contribution in [3.8, 4) is 5.75 Å². The van der Waals surface area contributed by atoms with E-state index in [2.05, 4.69) is 0 Å². The highest BCUT2D eigenvalue weighted by Gasteiger charge is 2.18. The Hall–Kier alpha value is -1.07. The molecule has 0 aliphatic heterocycles. The molecule has 5 heteroatoms. The summed E-state index contributed by atoms with van der Waals surface area (Å²) in [5.41, 5.74) is 1.54. The number of rotatable bonds is 5. The zero-order chi connectivity index (χ0) is 13.1. The van der Waals surface area contributed by atoms with E-state index in [9.17, 15) is 8.42 Å². The molecule has 4 nitrogen and oxygen atoms in total. The molecule has 0 spiro atoms. The topological polar surface area (TPSA) is 63.6 Å². The molecule has 0 saturated carbocycles. The van der Waals surface area contributed by atoms with E-state index >= 15 is 0 Å². The minimum absolute atomic E-state index is 0.0316. The van der Waals surface area contributed by atoms with Gasteiger partial charge in [-0.15, -0.1) is 0 Å². The third-order valence-corrected chi connectivity index (χ3v) is 4.75. The monoisotopic (exact) mass is 258 g/mol. The van der Waals surface area contributed by atoms with Crippen LogP contribution in [-0.2, 0) is 9.84 Å². The zero-order valence-electron chi connectivity index (χ0n) is 10.4. The molecule has 0 bridgehead atoms. The first-order valence-corrected chi connectivity index (χ1v) is 7.07. The molecule has 0 aliphatic rings. The van der Waals surface area contributed by atoms with Gasteiger partial charge in [0.1, 0.15) is 5.75 Å². The average Bonchev–Trinajstić information content (AvgIpc) is 2.29. The van der Waals surface area contributed by atoms with Crippen LogP contribution in [0, 0.1) is 13.8 Å². The summed E-state index contributed by atoms with van der Waals surface area (Å²) in [4.78, 5) is 0.323. The largest absolute Gasteiger partial charge is 0.496 e. The van der Waals surface area contributed by atoms with Crippen LogP contribution < -0.4 is 4.74 Å². The van der Waals surface area contributed by atoms with Crippen molar-refractivity contribution in [3.05, 3.63) is 23.3 Å². The smallest absolute Gasteiger partial charge is 0.178 e. The van der Waals surface area contributed by atoms with Gasteiger partial charge in [-0.05, 0) is 43.5 Å². The lowest BCUT2D eigenvalue weighted by atomic mass is 10.1. The van der Waals surface area contributed by atoms with E-state index in [4.69, 9.17) is 9.84 Å². The summed E-state index contributed by atoms with van der Waals surface area (Å²) in [5.74, 6) is 0.652. The Morgan fingerprint density at radius 2 is 1.88 bits per heavy atom. The number of aliphatic hydroxyl groups is 1. The van der Waals surface area contributed by atoms with Crippen molar-refractivity contribution in [3.63, 3.8) is 0 Å². The Bertz CT molecular complexity index is 491. The van der Waals surface area contributed by atoms with E-state index in [-0.39, 0.29) is 18.8 Å². The molecule has 17 heavy (non-hydrogen) atoms. The van der Waals surface area contributed by atoms with Gasteiger partial charge >= 0.3 is 0 Å². The fourth-order valence-electron chi connectivity index (χ4n) is 1.69. The molecule has 0 fully saturated rings. The van der Waals surface area contributed by atoms with Gasteiger partial charge in [-0.25, -0.2) is 8.42 Å². The second-order valence-corrected chi connectivity index (χ2v) is 5.99. The molecule has 0 unspecified atom stereocenters. The number of aliphatic hydroxyl groups excluding tert-OH is 1. The fraction of sp³-hybridized carbons (Fsp3) is 0.500. The number of hydrogen-bond donors (Lipinski definition) is 1. The summed E-state index contributed by atoms with van der Waals surface area (Å²) in [6.45, 7) is 3.48. The van der Waals surface area contributed by atoms with E-state index in [1.165, 1.54) is 0 Å². The Balaban J connectivity index is 3.20. The van der Waals surface area contributed by atoms with Gasteiger partial charge in [0.05, 0.1) is 17.8 Å². The highest BCUT2D eigenvalue weighted by molar-refractivity contribution is 7.91. The summed E-state index contributed by atoms with van der Waals surface area (Å²) in [6, 6.07) is 3.22. The van der Waals surface area contributed by atoms with Crippen LogP contribution in [-0.4, -0.2) is 33.0 Å². The van der Waals surface area contributed by atoms with Crippen molar-refractivity contribution in [2.75, 3.05) is 19.5 Å². The quantitative estimate of drug-likeness (QED) is 0.868. The normalized spacial score (nSPS) is 11.5. The van der Waals surface area contributed by atoms with Crippen molar-refractivity contribution in [1.29, 1.82) is 0 Å². The van der Waals surface area contributed by atoms with Crippen molar-refractivity contribution in [2.24, 2.45) is 0 Å². The van der Waals surface area contributed by atoms with Crippen molar-refractivity contribution < 1.29 is 18.3 Å². The molecule has 1 aromatic carbocycles. The molecule has 96 valence electrons. The van der Waals surface area contributed by atoms with Crippen LogP contribution in [0.25, 0.3) is 0 Å². The molecule has 1 rings (SSSR count). The van der Waals surface area contributed by atoms with E-state index in [1.54, 1.807) is 26.2 Å². The molecular formula is C12H18O4S.